The van der Waals surface area contributed by atoms with E-state index in [1.54, 1.807) is 18.2 Å². The number of hydrogen-bond acceptors (Lipinski definition) is 7. The average molecular weight is 460 g/mol. The van der Waals surface area contributed by atoms with Gasteiger partial charge in [-0.1, -0.05) is 0 Å². The van der Waals surface area contributed by atoms with Crippen molar-refractivity contribution in [1.82, 2.24) is 4.98 Å². The van der Waals surface area contributed by atoms with Crippen LogP contribution < -0.4 is 15.0 Å². The van der Waals surface area contributed by atoms with E-state index in [2.05, 4.69) is 29.0 Å². The van der Waals surface area contributed by atoms with Crippen molar-refractivity contribution in [3.63, 3.8) is 0 Å². The number of benzene rings is 3. The zero-order chi connectivity index (χ0) is 24.1. The van der Waals surface area contributed by atoms with Crippen molar-refractivity contribution in [3.8, 4) is 17.2 Å². The number of carbonyl (C=O) groups is 1. The summed E-state index contributed by atoms with van der Waals surface area (Å²) in [5.74, 6) is 0.504. The third-order valence-corrected chi connectivity index (χ3v) is 5.33. The second-order valence-electron chi connectivity index (χ2n) is 7.51. The molecule has 1 heterocycles. The molecule has 0 atom stereocenters. The zero-order valence-electron chi connectivity index (χ0n) is 18.9. The number of nitro benzene ring substituents is 1. The van der Waals surface area contributed by atoms with Crippen LogP contribution in [-0.2, 0) is 4.79 Å². The van der Waals surface area contributed by atoms with Crippen LogP contribution in [-0.4, -0.2) is 35.5 Å². The molecule has 1 amide bonds. The van der Waals surface area contributed by atoms with Gasteiger partial charge in [-0.2, -0.15) is 0 Å². The molecule has 34 heavy (non-hydrogen) atoms. The molecule has 0 aliphatic rings. The number of non-ortho nitro benzene ring substituents is 1. The van der Waals surface area contributed by atoms with Crippen LogP contribution in [0.1, 0.15) is 13.8 Å². The molecule has 1 aromatic heterocycles. The SMILES string of the molecule is CCN(CC)c1ccc(-c2nc3cc(NC(=O)COc4ccc([N+](=O)[O-])cc4)ccc3o2)cc1. The molecule has 4 aromatic rings. The Kier molecular flexibility index (Phi) is 6.72. The smallest absolute Gasteiger partial charge is 0.269 e. The third kappa shape index (κ3) is 5.15. The number of fused-ring (bicyclic) bond motifs is 1. The molecular formula is C25H24N4O5. The summed E-state index contributed by atoms with van der Waals surface area (Å²) in [7, 11) is 0. The molecule has 0 saturated heterocycles. The number of oxazole rings is 1. The van der Waals surface area contributed by atoms with Crippen molar-refractivity contribution in [1.29, 1.82) is 0 Å². The number of hydrogen-bond donors (Lipinski definition) is 1. The Balaban J connectivity index is 1.40. The van der Waals surface area contributed by atoms with Crippen LogP contribution in [0.3, 0.4) is 0 Å². The van der Waals surface area contributed by atoms with Crippen LogP contribution in [0.2, 0.25) is 0 Å². The maximum atomic E-state index is 12.3. The number of amides is 1. The molecular weight excluding hydrogens is 436 g/mol. The maximum Gasteiger partial charge on any atom is 0.269 e. The molecule has 4 rings (SSSR count). The fraction of sp³-hybridized carbons (Fsp3) is 0.200. The molecule has 9 heteroatoms. The van der Waals surface area contributed by atoms with Gasteiger partial charge in [0, 0.05) is 42.2 Å². The van der Waals surface area contributed by atoms with Crippen molar-refractivity contribution in [3.05, 3.63) is 76.8 Å². The summed E-state index contributed by atoms with van der Waals surface area (Å²) < 4.78 is 11.3. The summed E-state index contributed by atoms with van der Waals surface area (Å²) in [4.78, 5) is 29.3. The Hall–Kier alpha value is -4.40. The van der Waals surface area contributed by atoms with E-state index in [4.69, 9.17) is 9.15 Å². The maximum absolute atomic E-state index is 12.3. The number of carbonyl (C=O) groups excluding carboxylic acids is 1. The van der Waals surface area contributed by atoms with Crippen LogP contribution in [0.15, 0.2) is 71.1 Å². The van der Waals surface area contributed by atoms with Gasteiger partial charge < -0.3 is 19.4 Å². The molecule has 3 aromatic carbocycles. The number of nitrogens with one attached hydrogen (secondary N) is 1. The molecule has 174 valence electrons. The van der Waals surface area contributed by atoms with Gasteiger partial charge in [0.15, 0.2) is 12.2 Å². The lowest BCUT2D eigenvalue weighted by atomic mass is 10.2. The van der Waals surface area contributed by atoms with Crippen LogP contribution in [0.5, 0.6) is 5.75 Å². The van der Waals surface area contributed by atoms with Gasteiger partial charge in [0.25, 0.3) is 11.6 Å². The molecule has 0 spiro atoms. The minimum atomic E-state index is -0.497. The lowest BCUT2D eigenvalue weighted by molar-refractivity contribution is -0.384. The molecule has 0 unspecified atom stereocenters. The van der Waals surface area contributed by atoms with E-state index < -0.39 is 4.92 Å². The number of nitrogens with zero attached hydrogens (tertiary/aromatic N) is 3. The van der Waals surface area contributed by atoms with Crippen molar-refractivity contribution in [2.45, 2.75) is 13.8 Å². The molecule has 0 radical (unpaired) electrons. The predicted molar refractivity (Wildman–Crippen MR) is 130 cm³/mol. The van der Waals surface area contributed by atoms with Crippen molar-refractivity contribution in [2.24, 2.45) is 0 Å². The lowest BCUT2D eigenvalue weighted by Gasteiger charge is -2.20. The van der Waals surface area contributed by atoms with Gasteiger partial charge in [0.05, 0.1) is 4.92 Å². The van der Waals surface area contributed by atoms with Gasteiger partial charge >= 0.3 is 0 Å². The fourth-order valence-corrected chi connectivity index (χ4v) is 3.54. The summed E-state index contributed by atoms with van der Waals surface area (Å²) in [6.07, 6.45) is 0. The number of aromatic nitrogens is 1. The van der Waals surface area contributed by atoms with Gasteiger partial charge in [-0.25, -0.2) is 4.98 Å². The summed E-state index contributed by atoms with van der Waals surface area (Å²) in [6, 6.07) is 18.8. The highest BCUT2D eigenvalue weighted by Crippen LogP contribution is 2.28. The minimum Gasteiger partial charge on any atom is -0.484 e. The van der Waals surface area contributed by atoms with E-state index in [0.717, 1.165) is 24.3 Å². The van der Waals surface area contributed by atoms with Crippen molar-refractivity contribution >= 4 is 34.1 Å². The van der Waals surface area contributed by atoms with E-state index in [1.807, 2.05) is 24.3 Å². The highest BCUT2D eigenvalue weighted by atomic mass is 16.6. The molecule has 9 nitrogen and oxygen atoms in total. The molecule has 1 N–H and O–H groups in total. The molecule has 0 saturated carbocycles. The molecule has 0 bridgehead atoms. The Morgan fingerprint density at radius 2 is 1.76 bits per heavy atom. The third-order valence-electron chi connectivity index (χ3n) is 5.33. The largest absolute Gasteiger partial charge is 0.484 e. The molecule has 0 aliphatic heterocycles. The van der Waals surface area contributed by atoms with E-state index in [9.17, 15) is 14.9 Å². The van der Waals surface area contributed by atoms with Gasteiger partial charge in [0.2, 0.25) is 5.89 Å². The normalized spacial score (nSPS) is 10.8. The van der Waals surface area contributed by atoms with Crippen molar-refractivity contribution in [2.75, 3.05) is 29.9 Å². The van der Waals surface area contributed by atoms with Crippen molar-refractivity contribution < 1.29 is 18.9 Å². The first-order valence-electron chi connectivity index (χ1n) is 10.9. The molecule has 0 aliphatic carbocycles. The van der Waals surface area contributed by atoms with Gasteiger partial charge in [-0.05, 0) is 68.4 Å². The Morgan fingerprint density at radius 1 is 1.06 bits per heavy atom. The predicted octanol–water partition coefficient (Wildman–Crippen LogP) is 5.27. The summed E-state index contributed by atoms with van der Waals surface area (Å²) >= 11 is 0. The topological polar surface area (TPSA) is 111 Å². The van der Waals surface area contributed by atoms with Gasteiger partial charge in [0.1, 0.15) is 11.3 Å². The van der Waals surface area contributed by atoms with E-state index in [0.29, 0.717) is 28.4 Å². The van der Waals surface area contributed by atoms with Crippen LogP contribution in [0.4, 0.5) is 17.1 Å². The quantitative estimate of drug-likeness (QED) is 0.268. The molecule has 0 fully saturated rings. The van der Waals surface area contributed by atoms with Gasteiger partial charge in [-0.3, -0.25) is 14.9 Å². The zero-order valence-corrected chi connectivity index (χ0v) is 18.9. The average Bonchev–Trinajstić information content (AvgIpc) is 3.28. The van der Waals surface area contributed by atoms with E-state index in [1.165, 1.54) is 24.3 Å². The highest BCUT2D eigenvalue weighted by molar-refractivity contribution is 5.94. The summed E-state index contributed by atoms with van der Waals surface area (Å²) in [5.41, 5.74) is 3.76. The Morgan fingerprint density at radius 3 is 2.41 bits per heavy atom. The second kappa shape index (κ2) is 10.0. The standard InChI is InChI=1S/C25H24N4O5/c1-3-28(4-2)19-8-5-17(6-9-19)25-27-22-15-18(7-14-23(22)34-25)26-24(30)16-33-21-12-10-20(11-13-21)29(31)32/h5-15H,3-4,16H2,1-2H3,(H,26,30). The number of nitro groups is 1. The van der Waals surface area contributed by atoms with E-state index >= 15 is 0 Å². The first-order chi connectivity index (χ1) is 16.5. The Labute approximate surface area is 196 Å². The van der Waals surface area contributed by atoms with Crippen LogP contribution >= 0.6 is 0 Å². The number of anilines is 2. The first-order valence-corrected chi connectivity index (χ1v) is 10.9. The second-order valence-corrected chi connectivity index (χ2v) is 7.51. The van der Waals surface area contributed by atoms with Crippen LogP contribution in [0.25, 0.3) is 22.6 Å². The summed E-state index contributed by atoms with van der Waals surface area (Å²) in [6.45, 7) is 5.88. The Bertz CT molecular complexity index is 1300. The minimum absolute atomic E-state index is 0.0445. The monoisotopic (exact) mass is 460 g/mol. The van der Waals surface area contributed by atoms with E-state index in [-0.39, 0.29) is 18.2 Å². The van der Waals surface area contributed by atoms with Gasteiger partial charge in [-0.15, -0.1) is 0 Å². The van der Waals surface area contributed by atoms with Crippen LogP contribution in [0, 0.1) is 10.1 Å². The fourth-order valence-electron chi connectivity index (χ4n) is 3.54. The number of ether oxygens (including phenoxy) is 1. The highest BCUT2D eigenvalue weighted by Gasteiger charge is 2.12. The first kappa shape index (κ1) is 22.8. The summed E-state index contributed by atoms with van der Waals surface area (Å²) in [5, 5.41) is 13.5. The lowest BCUT2D eigenvalue weighted by Crippen LogP contribution is -2.21. The number of rotatable bonds is 9.